The van der Waals surface area contributed by atoms with Gasteiger partial charge >= 0.3 is 5.69 Å². The van der Waals surface area contributed by atoms with E-state index in [2.05, 4.69) is 9.88 Å². The number of aromatic amines is 1. The van der Waals surface area contributed by atoms with Gasteiger partial charge in [0.25, 0.3) is 5.56 Å². The van der Waals surface area contributed by atoms with Crippen molar-refractivity contribution in [2.24, 2.45) is 5.92 Å². The fraction of sp³-hybridized carbons (Fsp3) is 0.421. The van der Waals surface area contributed by atoms with Gasteiger partial charge in [-0.25, -0.2) is 4.79 Å². The summed E-state index contributed by atoms with van der Waals surface area (Å²) in [5.74, 6) is 0.153. The lowest BCUT2D eigenvalue weighted by atomic mass is 9.90. The Morgan fingerprint density at radius 2 is 1.96 bits per heavy atom. The first-order valence-corrected chi connectivity index (χ1v) is 8.67. The minimum Gasteiger partial charge on any atom is -0.311 e. The fourth-order valence-electron chi connectivity index (χ4n) is 3.40. The van der Waals surface area contributed by atoms with E-state index in [0.29, 0.717) is 25.3 Å². The molecule has 0 bridgehead atoms. The summed E-state index contributed by atoms with van der Waals surface area (Å²) in [5.41, 5.74) is 0.660. The molecule has 1 unspecified atom stereocenters. The molecule has 1 atom stereocenters. The second-order valence-electron chi connectivity index (χ2n) is 6.62. The van der Waals surface area contributed by atoms with Crippen molar-refractivity contribution >= 4 is 5.78 Å². The van der Waals surface area contributed by atoms with Crippen LogP contribution in [0.2, 0.25) is 0 Å². The number of nitrogens with one attached hydrogen (secondary N) is 1. The number of Topliss-reactive ketones (excluding diaryl/α,β-unsaturated/α-hetero) is 1. The molecule has 1 aliphatic rings. The first-order valence-electron chi connectivity index (χ1n) is 8.67. The Bertz CT molecular complexity index is 823. The van der Waals surface area contributed by atoms with Crippen LogP contribution in [0, 0.1) is 12.8 Å². The number of carbonyl (C=O) groups excluding carboxylic acids is 1. The number of carbonyl (C=O) groups is 1. The van der Waals surface area contributed by atoms with Gasteiger partial charge < -0.3 is 9.88 Å². The molecular weight excluding hydrogens is 318 g/mol. The molecule has 0 aliphatic carbocycles. The van der Waals surface area contributed by atoms with E-state index in [9.17, 15) is 14.4 Å². The summed E-state index contributed by atoms with van der Waals surface area (Å²) in [5, 5.41) is 0. The number of aromatic nitrogens is 2. The average Bonchev–Trinajstić information content (AvgIpc) is 2.61. The summed E-state index contributed by atoms with van der Waals surface area (Å²) in [6.45, 7) is 4.17. The summed E-state index contributed by atoms with van der Waals surface area (Å²) in [4.78, 5) is 41.3. The molecule has 2 aromatic rings. The lowest BCUT2D eigenvalue weighted by Crippen LogP contribution is -2.43. The van der Waals surface area contributed by atoms with Gasteiger partial charge in [0.15, 0.2) is 5.78 Å². The molecule has 1 aromatic carbocycles. The van der Waals surface area contributed by atoms with Crippen molar-refractivity contribution in [2.75, 3.05) is 19.6 Å². The van der Waals surface area contributed by atoms with E-state index < -0.39 is 0 Å². The van der Waals surface area contributed by atoms with E-state index in [1.54, 1.807) is 6.92 Å². The third-order valence-corrected chi connectivity index (χ3v) is 4.73. The third-order valence-electron chi connectivity index (χ3n) is 4.73. The van der Waals surface area contributed by atoms with Gasteiger partial charge in [-0.2, -0.15) is 0 Å². The number of hydrogen-bond acceptors (Lipinski definition) is 4. The lowest BCUT2D eigenvalue weighted by Gasteiger charge is -2.32. The number of ketones is 1. The van der Waals surface area contributed by atoms with Gasteiger partial charge in [-0.05, 0) is 26.3 Å². The molecule has 0 radical (unpaired) electrons. The molecule has 1 aromatic heterocycles. The molecule has 0 spiro atoms. The van der Waals surface area contributed by atoms with Crippen LogP contribution in [0.1, 0.15) is 28.9 Å². The van der Waals surface area contributed by atoms with Crippen molar-refractivity contribution in [3.63, 3.8) is 0 Å². The van der Waals surface area contributed by atoms with Crippen molar-refractivity contribution in [2.45, 2.75) is 26.3 Å². The van der Waals surface area contributed by atoms with Crippen LogP contribution in [-0.4, -0.2) is 39.9 Å². The minimum atomic E-state index is -0.376. The van der Waals surface area contributed by atoms with Gasteiger partial charge in [0.05, 0.1) is 0 Å². The van der Waals surface area contributed by atoms with Crippen LogP contribution < -0.4 is 11.2 Å². The largest absolute Gasteiger partial charge is 0.328 e. The number of benzene rings is 1. The van der Waals surface area contributed by atoms with Crippen LogP contribution in [0.3, 0.4) is 0 Å². The topological polar surface area (TPSA) is 75.2 Å². The maximum Gasteiger partial charge on any atom is 0.328 e. The smallest absolute Gasteiger partial charge is 0.311 e. The van der Waals surface area contributed by atoms with Crippen molar-refractivity contribution in [1.82, 2.24) is 14.5 Å². The van der Waals surface area contributed by atoms with Crippen molar-refractivity contribution < 1.29 is 4.79 Å². The molecule has 25 heavy (non-hydrogen) atoms. The van der Waals surface area contributed by atoms with Gasteiger partial charge in [-0.3, -0.25) is 14.2 Å². The third kappa shape index (κ3) is 4.14. The maximum absolute atomic E-state index is 12.6. The summed E-state index contributed by atoms with van der Waals surface area (Å²) < 4.78 is 1.22. The molecule has 1 saturated heterocycles. The highest BCUT2D eigenvalue weighted by Gasteiger charge is 2.26. The van der Waals surface area contributed by atoms with E-state index in [-0.39, 0.29) is 23.0 Å². The van der Waals surface area contributed by atoms with Crippen molar-refractivity contribution in [3.05, 3.63) is 68.5 Å². The highest BCUT2D eigenvalue weighted by molar-refractivity contribution is 5.98. The molecule has 1 fully saturated rings. The SMILES string of the molecule is Cc1cc(=O)n(CCN2CCCC(C(=O)c3ccccc3)C2)c(=O)[nH]1. The average molecular weight is 341 g/mol. The van der Waals surface area contributed by atoms with Crippen molar-refractivity contribution in [1.29, 1.82) is 0 Å². The van der Waals surface area contributed by atoms with Gasteiger partial charge in [0.2, 0.25) is 0 Å². The van der Waals surface area contributed by atoms with Crippen LogP contribution in [0.15, 0.2) is 46.0 Å². The Morgan fingerprint density at radius 1 is 1.20 bits per heavy atom. The number of aryl methyl sites for hydroxylation is 1. The predicted molar refractivity (Wildman–Crippen MR) is 96.0 cm³/mol. The second kappa shape index (κ2) is 7.61. The van der Waals surface area contributed by atoms with E-state index in [4.69, 9.17) is 0 Å². The number of rotatable bonds is 5. The van der Waals surface area contributed by atoms with Crippen molar-refractivity contribution in [3.8, 4) is 0 Å². The number of piperidine rings is 1. The van der Waals surface area contributed by atoms with Crippen LogP contribution in [-0.2, 0) is 6.54 Å². The normalized spacial score (nSPS) is 18.2. The summed E-state index contributed by atoms with van der Waals surface area (Å²) >= 11 is 0. The number of H-pyrrole nitrogens is 1. The molecule has 6 heteroatoms. The van der Waals surface area contributed by atoms with Crippen LogP contribution in [0.5, 0.6) is 0 Å². The van der Waals surface area contributed by atoms with E-state index in [1.807, 2.05) is 30.3 Å². The summed E-state index contributed by atoms with van der Waals surface area (Å²) in [6, 6.07) is 10.8. The Labute approximate surface area is 146 Å². The zero-order chi connectivity index (χ0) is 17.8. The predicted octanol–water partition coefficient (Wildman–Crippen LogP) is 1.44. The number of hydrogen-bond donors (Lipinski definition) is 1. The maximum atomic E-state index is 12.6. The first kappa shape index (κ1) is 17.4. The zero-order valence-electron chi connectivity index (χ0n) is 14.4. The Morgan fingerprint density at radius 3 is 2.68 bits per heavy atom. The van der Waals surface area contributed by atoms with Crippen LogP contribution >= 0.6 is 0 Å². The van der Waals surface area contributed by atoms with Gasteiger partial charge in [0, 0.05) is 42.9 Å². The van der Waals surface area contributed by atoms with Crippen LogP contribution in [0.25, 0.3) is 0 Å². The number of nitrogens with zero attached hydrogens (tertiary/aromatic N) is 2. The summed E-state index contributed by atoms with van der Waals surface area (Å²) in [6.07, 6.45) is 1.83. The Hall–Kier alpha value is -2.47. The molecule has 0 saturated carbocycles. The standard InChI is InChI=1S/C19H23N3O3/c1-14-12-17(23)22(19(25)20-14)11-10-21-9-5-8-16(13-21)18(24)15-6-3-2-4-7-15/h2-4,6-7,12,16H,5,8-11,13H2,1H3,(H,20,25). The molecule has 6 nitrogen and oxygen atoms in total. The lowest BCUT2D eigenvalue weighted by molar-refractivity contribution is 0.0815. The molecule has 0 amide bonds. The highest BCUT2D eigenvalue weighted by atomic mass is 16.2. The van der Waals surface area contributed by atoms with Gasteiger partial charge in [-0.1, -0.05) is 30.3 Å². The molecule has 1 aliphatic heterocycles. The molecule has 132 valence electrons. The Kier molecular flexibility index (Phi) is 5.28. The number of likely N-dealkylation sites (tertiary alicyclic amines) is 1. The molecular formula is C19H23N3O3. The highest BCUT2D eigenvalue weighted by Crippen LogP contribution is 2.20. The van der Waals surface area contributed by atoms with Gasteiger partial charge in [-0.15, -0.1) is 0 Å². The van der Waals surface area contributed by atoms with Gasteiger partial charge in [0.1, 0.15) is 0 Å². The Balaban J connectivity index is 1.64. The quantitative estimate of drug-likeness (QED) is 0.835. The second-order valence-corrected chi connectivity index (χ2v) is 6.62. The van der Waals surface area contributed by atoms with E-state index in [0.717, 1.165) is 24.9 Å². The molecule has 1 N–H and O–H groups in total. The molecule has 3 rings (SSSR count). The zero-order valence-corrected chi connectivity index (χ0v) is 14.4. The monoisotopic (exact) mass is 341 g/mol. The molecule has 2 heterocycles. The van der Waals surface area contributed by atoms with E-state index >= 15 is 0 Å². The summed E-state index contributed by atoms with van der Waals surface area (Å²) in [7, 11) is 0. The van der Waals surface area contributed by atoms with E-state index in [1.165, 1.54) is 10.6 Å². The minimum absolute atomic E-state index is 0.0239. The first-order chi connectivity index (χ1) is 12.0. The fourth-order valence-corrected chi connectivity index (χ4v) is 3.40. The van der Waals surface area contributed by atoms with Crippen LogP contribution in [0.4, 0.5) is 0 Å².